The van der Waals surface area contributed by atoms with Crippen molar-refractivity contribution in [2.45, 2.75) is 6.92 Å². The minimum atomic E-state index is -0.711. The standard InChI is InChI=1S/C14H14N2O4/c1-9-4-5-10(8-15)6-11(9)16-12(14(18)20-3)7-13(17)19-2/h4-7,16H,1-3H3/b12-7+. The van der Waals surface area contributed by atoms with E-state index in [2.05, 4.69) is 14.8 Å². The van der Waals surface area contributed by atoms with Gasteiger partial charge in [-0.05, 0) is 24.6 Å². The Morgan fingerprint density at radius 3 is 2.55 bits per heavy atom. The maximum atomic E-state index is 11.6. The van der Waals surface area contributed by atoms with Gasteiger partial charge in [-0.1, -0.05) is 6.07 Å². The Morgan fingerprint density at radius 1 is 1.30 bits per heavy atom. The van der Waals surface area contributed by atoms with Crippen LogP contribution in [0.2, 0.25) is 0 Å². The SMILES string of the molecule is COC(=O)/C=C(/Nc1cc(C#N)ccc1C)C(=O)OC. The summed E-state index contributed by atoms with van der Waals surface area (Å²) in [5.41, 5.74) is 1.70. The zero-order valence-electron chi connectivity index (χ0n) is 11.4. The van der Waals surface area contributed by atoms with Gasteiger partial charge in [0.15, 0.2) is 0 Å². The van der Waals surface area contributed by atoms with Crippen LogP contribution in [0.1, 0.15) is 11.1 Å². The second kappa shape index (κ2) is 6.95. The highest BCUT2D eigenvalue weighted by Crippen LogP contribution is 2.18. The van der Waals surface area contributed by atoms with Gasteiger partial charge in [0.25, 0.3) is 0 Å². The Morgan fingerprint density at radius 2 is 2.00 bits per heavy atom. The van der Waals surface area contributed by atoms with Gasteiger partial charge >= 0.3 is 11.9 Å². The minimum Gasteiger partial charge on any atom is -0.466 e. The third-order valence-electron chi connectivity index (χ3n) is 2.50. The van der Waals surface area contributed by atoms with E-state index in [1.54, 1.807) is 25.1 Å². The zero-order chi connectivity index (χ0) is 15.1. The molecule has 0 aliphatic heterocycles. The van der Waals surface area contributed by atoms with Crippen molar-refractivity contribution in [3.8, 4) is 6.07 Å². The number of anilines is 1. The second-order valence-corrected chi connectivity index (χ2v) is 3.84. The summed E-state index contributed by atoms with van der Waals surface area (Å²) in [6.07, 6.45) is 0.990. The third kappa shape index (κ3) is 3.85. The number of ether oxygens (including phenoxy) is 2. The third-order valence-corrected chi connectivity index (χ3v) is 2.50. The summed E-state index contributed by atoms with van der Waals surface area (Å²) in [6.45, 7) is 1.80. The molecular weight excluding hydrogens is 260 g/mol. The number of hydrogen-bond acceptors (Lipinski definition) is 6. The summed E-state index contributed by atoms with van der Waals surface area (Å²) in [6, 6.07) is 6.95. The first-order valence-corrected chi connectivity index (χ1v) is 5.67. The van der Waals surface area contributed by atoms with Gasteiger partial charge in [0.2, 0.25) is 0 Å². The lowest BCUT2D eigenvalue weighted by atomic mass is 10.1. The number of benzene rings is 1. The van der Waals surface area contributed by atoms with Crippen molar-refractivity contribution in [2.24, 2.45) is 0 Å². The van der Waals surface area contributed by atoms with Gasteiger partial charge in [0, 0.05) is 5.69 Å². The van der Waals surface area contributed by atoms with E-state index in [0.717, 1.165) is 11.6 Å². The highest BCUT2D eigenvalue weighted by atomic mass is 16.5. The van der Waals surface area contributed by atoms with Gasteiger partial charge in [-0.15, -0.1) is 0 Å². The molecule has 0 radical (unpaired) electrons. The van der Waals surface area contributed by atoms with Crippen LogP contribution < -0.4 is 5.32 Å². The fourth-order valence-electron chi connectivity index (χ4n) is 1.40. The number of esters is 2. The second-order valence-electron chi connectivity index (χ2n) is 3.84. The number of nitriles is 1. The number of hydrogen-bond donors (Lipinski definition) is 1. The van der Waals surface area contributed by atoms with E-state index in [1.165, 1.54) is 14.2 Å². The van der Waals surface area contributed by atoms with Crippen LogP contribution in [0, 0.1) is 18.3 Å². The number of carbonyl (C=O) groups is 2. The van der Waals surface area contributed by atoms with E-state index in [-0.39, 0.29) is 5.70 Å². The summed E-state index contributed by atoms with van der Waals surface area (Å²) < 4.78 is 9.06. The lowest BCUT2D eigenvalue weighted by Crippen LogP contribution is -2.16. The molecule has 0 saturated carbocycles. The average Bonchev–Trinajstić information content (AvgIpc) is 2.47. The first kappa shape index (κ1) is 15.2. The first-order valence-electron chi connectivity index (χ1n) is 5.67. The predicted molar refractivity (Wildman–Crippen MR) is 71.6 cm³/mol. The molecule has 0 aliphatic carbocycles. The lowest BCUT2D eigenvalue weighted by Gasteiger charge is -2.11. The number of carbonyl (C=O) groups excluding carboxylic acids is 2. The van der Waals surface area contributed by atoms with Crippen molar-refractivity contribution in [3.63, 3.8) is 0 Å². The van der Waals surface area contributed by atoms with Crippen LogP contribution in [0.25, 0.3) is 0 Å². The molecule has 0 fully saturated rings. The fourth-order valence-corrected chi connectivity index (χ4v) is 1.40. The van der Waals surface area contributed by atoms with Crippen LogP contribution in [-0.4, -0.2) is 26.2 Å². The van der Waals surface area contributed by atoms with Crippen LogP contribution >= 0.6 is 0 Å². The molecule has 0 unspecified atom stereocenters. The highest BCUT2D eigenvalue weighted by Gasteiger charge is 2.14. The Labute approximate surface area is 116 Å². The number of nitrogens with one attached hydrogen (secondary N) is 1. The number of aryl methyl sites for hydroxylation is 1. The largest absolute Gasteiger partial charge is 0.466 e. The van der Waals surface area contributed by atoms with Crippen LogP contribution in [0.15, 0.2) is 30.0 Å². The van der Waals surface area contributed by atoms with E-state index in [4.69, 9.17) is 5.26 Å². The molecule has 0 amide bonds. The molecule has 6 heteroatoms. The van der Waals surface area contributed by atoms with E-state index >= 15 is 0 Å². The van der Waals surface area contributed by atoms with E-state index in [1.807, 2.05) is 6.07 Å². The molecule has 6 nitrogen and oxygen atoms in total. The molecule has 1 N–H and O–H groups in total. The molecule has 20 heavy (non-hydrogen) atoms. The number of nitrogens with zero attached hydrogens (tertiary/aromatic N) is 1. The van der Waals surface area contributed by atoms with Crippen molar-refractivity contribution in [1.29, 1.82) is 5.26 Å². The molecular formula is C14H14N2O4. The Hall–Kier alpha value is -2.81. The molecule has 0 atom stereocenters. The molecule has 0 saturated heterocycles. The molecule has 0 heterocycles. The van der Waals surface area contributed by atoms with Gasteiger partial charge in [-0.25, -0.2) is 9.59 Å². The highest BCUT2D eigenvalue weighted by molar-refractivity contribution is 5.98. The van der Waals surface area contributed by atoms with Gasteiger partial charge in [-0.3, -0.25) is 0 Å². The van der Waals surface area contributed by atoms with Crippen molar-refractivity contribution in [3.05, 3.63) is 41.1 Å². The summed E-state index contributed by atoms with van der Waals surface area (Å²) in [7, 11) is 2.41. The Bertz CT molecular complexity index is 600. The molecule has 0 aromatic heterocycles. The van der Waals surface area contributed by atoms with Crippen molar-refractivity contribution < 1.29 is 19.1 Å². The van der Waals surface area contributed by atoms with E-state index in [9.17, 15) is 9.59 Å². The summed E-state index contributed by atoms with van der Waals surface area (Å²) in [4.78, 5) is 22.8. The summed E-state index contributed by atoms with van der Waals surface area (Å²) in [5.74, 6) is -1.40. The lowest BCUT2D eigenvalue weighted by molar-refractivity contribution is -0.138. The Kier molecular flexibility index (Phi) is 5.30. The number of rotatable bonds is 4. The molecule has 0 spiro atoms. The van der Waals surface area contributed by atoms with E-state index in [0.29, 0.717) is 11.3 Å². The monoisotopic (exact) mass is 274 g/mol. The summed E-state index contributed by atoms with van der Waals surface area (Å²) >= 11 is 0. The van der Waals surface area contributed by atoms with Gasteiger partial charge in [-0.2, -0.15) is 5.26 Å². The average molecular weight is 274 g/mol. The van der Waals surface area contributed by atoms with Gasteiger partial charge in [0.1, 0.15) is 5.70 Å². The normalized spacial score (nSPS) is 10.4. The van der Waals surface area contributed by atoms with Crippen LogP contribution in [0.4, 0.5) is 5.69 Å². The maximum absolute atomic E-state index is 11.6. The van der Waals surface area contributed by atoms with Crippen LogP contribution in [0.5, 0.6) is 0 Å². The molecule has 0 aliphatic rings. The molecule has 0 bridgehead atoms. The fraction of sp³-hybridized carbons (Fsp3) is 0.214. The smallest absolute Gasteiger partial charge is 0.354 e. The summed E-state index contributed by atoms with van der Waals surface area (Å²) in [5, 5.41) is 11.6. The van der Waals surface area contributed by atoms with Gasteiger partial charge in [0.05, 0.1) is 31.9 Å². The van der Waals surface area contributed by atoms with E-state index < -0.39 is 11.9 Å². The molecule has 1 rings (SSSR count). The zero-order valence-corrected chi connectivity index (χ0v) is 11.4. The minimum absolute atomic E-state index is 0.0717. The number of methoxy groups -OCH3 is 2. The molecule has 1 aromatic carbocycles. The van der Waals surface area contributed by atoms with Crippen molar-refractivity contribution >= 4 is 17.6 Å². The van der Waals surface area contributed by atoms with Crippen molar-refractivity contribution in [2.75, 3.05) is 19.5 Å². The molecule has 104 valence electrons. The maximum Gasteiger partial charge on any atom is 0.354 e. The predicted octanol–water partition coefficient (Wildman–Crippen LogP) is 1.51. The van der Waals surface area contributed by atoms with Crippen LogP contribution in [0.3, 0.4) is 0 Å². The Balaban J connectivity index is 3.14. The topological polar surface area (TPSA) is 88.4 Å². The van der Waals surface area contributed by atoms with Crippen molar-refractivity contribution in [1.82, 2.24) is 0 Å². The quantitative estimate of drug-likeness (QED) is 0.661. The molecule has 1 aromatic rings. The first-order chi connectivity index (χ1) is 9.51. The van der Waals surface area contributed by atoms with Gasteiger partial charge < -0.3 is 14.8 Å². The van der Waals surface area contributed by atoms with Crippen LogP contribution in [-0.2, 0) is 19.1 Å².